The molecular formula is C6H3F3IN3O5S. The summed E-state index contributed by atoms with van der Waals surface area (Å²) in [4.78, 5) is 11.4. The van der Waals surface area contributed by atoms with Crippen LogP contribution in [0.25, 0.3) is 0 Å². The van der Waals surface area contributed by atoms with Crippen LogP contribution in [-0.4, -0.2) is 24.7 Å². The Hall–Kier alpha value is -1.22. The quantitative estimate of drug-likeness (QED) is 0.343. The van der Waals surface area contributed by atoms with Crippen LogP contribution in [0.3, 0.4) is 0 Å². The molecule has 2 N–H and O–H groups in total. The lowest BCUT2D eigenvalue weighted by Crippen LogP contribution is -2.23. The lowest BCUT2D eigenvalue weighted by atomic mass is 10.4. The van der Waals surface area contributed by atoms with Gasteiger partial charge in [0.2, 0.25) is 15.8 Å². The molecule has 0 bridgehead atoms. The minimum Gasteiger partial charge on any atom is -0.397 e. The summed E-state index contributed by atoms with van der Waals surface area (Å²) < 4.78 is 61.8. The number of nitrogens with zero attached hydrogens (tertiary/aromatic N) is 2. The first-order chi connectivity index (χ1) is 8.43. The summed E-state index contributed by atoms with van der Waals surface area (Å²) in [5.41, 5.74) is -1.26. The van der Waals surface area contributed by atoms with Crippen LogP contribution in [0, 0.1) is 13.8 Å². The average molecular weight is 413 g/mol. The van der Waals surface area contributed by atoms with E-state index in [0.29, 0.717) is 6.20 Å². The van der Waals surface area contributed by atoms with Crippen molar-refractivity contribution < 1.29 is 31.2 Å². The number of rotatable bonds is 3. The molecule has 0 spiro atoms. The van der Waals surface area contributed by atoms with Crippen molar-refractivity contribution >= 4 is 38.3 Å². The van der Waals surface area contributed by atoms with Crippen molar-refractivity contribution in [1.29, 1.82) is 0 Å². The first-order valence-electron chi connectivity index (χ1n) is 4.05. The number of pyridine rings is 1. The molecule has 0 aromatic carbocycles. The molecule has 0 aliphatic heterocycles. The number of hydrogen-bond donors (Lipinski definition) is 1. The Labute approximate surface area is 117 Å². The Morgan fingerprint density at radius 2 is 2.00 bits per heavy atom. The second-order valence-corrected chi connectivity index (χ2v) is 5.46. The number of primary sulfonamides is 1. The lowest BCUT2D eigenvalue weighted by molar-refractivity contribution is -0.389. The predicted octanol–water partition coefficient (Wildman–Crippen LogP) is 1.14. The molecule has 1 aromatic rings. The topological polar surface area (TPSA) is 125 Å². The van der Waals surface area contributed by atoms with Gasteiger partial charge in [0.25, 0.3) is 0 Å². The lowest BCUT2D eigenvalue weighted by Gasteiger charge is -2.12. The minimum absolute atomic E-state index is 0.442. The first kappa shape index (κ1) is 15.8. The van der Waals surface area contributed by atoms with Crippen molar-refractivity contribution in [2.24, 2.45) is 5.14 Å². The zero-order valence-electron chi connectivity index (χ0n) is 8.51. The third-order valence-corrected chi connectivity index (χ3v) is 3.76. The molecule has 1 heterocycles. The zero-order chi connectivity index (χ0) is 15.0. The van der Waals surface area contributed by atoms with Gasteiger partial charge < -0.3 is 4.74 Å². The molecule has 8 nitrogen and oxygen atoms in total. The van der Waals surface area contributed by atoms with Crippen LogP contribution < -0.4 is 9.88 Å². The number of aromatic nitrogens is 1. The number of nitrogens with two attached hydrogens (primary N) is 1. The average Bonchev–Trinajstić information content (AvgIpc) is 2.11. The molecule has 0 fully saturated rings. The van der Waals surface area contributed by atoms with E-state index in [1.54, 1.807) is 0 Å². The van der Waals surface area contributed by atoms with Crippen molar-refractivity contribution in [3.63, 3.8) is 0 Å². The van der Waals surface area contributed by atoms with Crippen molar-refractivity contribution in [3.8, 4) is 5.75 Å². The number of nitro groups is 1. The van der Waals surface area contributed by atoms with Crippen LogP contribution in [0.2, 0.25) is 0 Å². The van der Waals surface area contributed by atoms with Crippen molar-refractivity contribution in [1.82, 2.24) is 4.98 Å². The fourth-order valence-electron chi connectivity index (χ4n) is 1.04. The van der Waals surface area contributed by atoms with E-state index in [-0.39, 0.29) is 0 Å². The molecule has 106 valence electrons. The van der Waals surface area contributed by atoms with Crippen molar-refractivity contribution in [2.45, 2.75) is 11.3 Å². The molecule has 0 amide bonds. The molecular weight excluding hydrogens is 410 g/mol. The number of sulfonamides is 1. The standard InChI is InChI=1S/C6H3F3IN3O5S/c7-6(8,9)18-3-2(13(14)15)1-12-5(10)4(3)19(11,16)17/h1H,(H2,11,16,17). The Kier molecular flexibility index (Phi) is 4.20. The van der Waals surface area contributed by atoms with Gasteiger partial charge in [0.05, 0.1) is 4.92 Å². The Bertz CT molecular complexity index is 632. The summed E-state index contributed by atoms with van der Waals surface area (Å²) in [5.74, 6) is -1.51. The monoisotopic (exact) mass is 413 g/mol. The Balaban J connectivity index is 3.70. The van der Waals surface area contributed by atoms with Gasteiger partial charge in [-0.05, 0) is 22.6 Å². The normalized spacial score (nSPS) is 12.3. The third-order valence-electron chi connectivity index (χ3n) is 1.63. The summed E-state index contributed by atoms with van der Waals surface area (Å²) in [7, 11) is -4.69. The van der Waals surface area contributed by atoms with Crippen LogP contribution in [0.4, 0.5) is 18.9 Å². The molecule has 0 atom stereocenters. The summed E-state index contributed by atoms with van der Waals surface area (Å²) in [6.45, 7) is 0. The van der Waals surface area contributed by atoms with Gasteiger partial charge in [-0.25, -0.2) is 18.5 Å². The summed E-state index contributed by atoms with van der Waals surface area (Å²) >= 11 is 1.26. The fourth-order valence-corrected chi connectivity index (χ4v) is 3.03. The molecule has 0 aliphatic rings. The van der Waals surface area contributed by atoms with E-state index in [2.05, 4.69) is 9.72 Å². The van der Waals surface area contributed by atoms with E-state index < -0.39 is 41.3 Å². The highest BCUT2D eigenvalue weighted by Gasteiger charge is 2.39. The molecule has 0 aliphatic carbocycles. The van der Waals surface area contributed by atoms with Gasteiger partial charge in [0.1, 0.15) is 9.90 Å². The second kappa shape index (κ2) is 5.04. The largest absolute Gasteiger partial charge is 0.573 e. The molecule has 19 heavy (non-hydrogen) atoms. The maximum absolute atomic E-state index is 12.2. The summed E-state index contributed by atoms with van der Waals surface area (Å²) in [5, 5.41) is 15.3. The van der Waals surface area contributed by atoms with Crippen LogP contribution in [0.15, 0.2) is 11.1 Å². The minimum atomic E-state index is -5.32. The predicted molar refractivity (Wildman–Crippen MR) is 61.7 cm³/mol. The maximum Gasteiger partial charge on any atom is 0.573 e. The van der Waals surface area contributed by atoms with E-state index in [4.69, 9.17) is 5.14 Å². The highest BCUT2D eigenvalue weighted by molar-refractivity contribution is 14.1. The molecule has 1 rings (SSSR count). The number of ether oxygens (including phenoxy) is 1. The van der Waals surface area contributed by atoms with E-state index in [9.17, 15) is 31.7 Å². The molecule has 0 saturated carbocycles. The molecule has 0 unspecified atom stereocenters. The zero-order valence-corrected chi connectivity index (χ0v) is 11.5. The molecule has 0 radical (unpaired) electrons. The van der Waals surface area contributed by atoms with Crippen LogP contribution in [0.5, 0.6) is 5.75 Å². The molecule has 13 heteroatoms. The smallest absolute Gasteiger partial charge is 0.397 e. The van der Waals surface area contributed by atoms with Crippen LogP contribution in [-0.2, 0) is 10.0 Å². The first-order valence-corrected chi connectivity index (χ1v) is 6.67. The van der Waals surface area contributed by atoms with Crippen molar-refractivity contribution in [3.05, 3.63) is 20.0 Å². The number of alkyl halides is 3. The van der Waals surface area contributed by atoms with E-state index in [1.165, 1.54) is 22.6 Å². The van der Waals surface area contributed by atoms with E-state index in [1.807, 2.05) is 0 Å². The molecule has 1 aromatic heterocycles. The van der Waals surface area contributed by atoms with Gasteiger partial charge in [-0.15, -0.1) is 13.2 Å². The highest BCUT2D eigenvalue weighted by Crippen LogP contribution is 2.38. The Morgan fingerprint density at radius 3 is 2.37 bits per heavy atom. The van der Waals surface area contributed by atoms with Crippen molar-refractivity contribution in [2.75, 3.05) is 0 Å². The fraction of sp³-hybridized carbons (Fsp3) is 0.167. The van der Waals surface area contributed by atoms with E-state index in [0.717, 1.165) is 0 Å². The SMILES string of the molecule is NS(=O)(=O)c1c(I)ncc([N+](=O)[O-])c1OC(F)(F)F. The summed E-state index contributed by atoms with van der Waals surface area (Å²) in [6.07, 6.45) is -4.88. The van der Waals surface area contributed by atoms with Gasteiger partial charge in [-0.3, -0.25) is 10.1 Å². The second-order valence-electron chi connectivity index (χ2n) is 2.94. The molecule has 0 saturated heterocycles. The highest BCUT2D eigenvalue weighted by atomic mass is 127. The van der Waals surface area contributed by atoms with Gasteiger partial charge >= 0.3 is 12.0 Å². The van der Waals surface area contributed by atoms with Gasteiger partial charge in [0, 0.05) is 0 Å². The van der Waals surface area contributed by atoms with Gasteiger partial charge in [0.15, 0.2) is 4.90 Å². The van der Waals surface area contributed by atoms with Crippen LogP contribution >= 0.6 is 22.6 Å². The third kappa shape index (κ3) is 3.87. The van der Waals surface area contributed by atoms with Gasteiger partial charge in [-0.2, -0.15) is 0 Å². The number of halogens is 4. The van der Waals surface area contributed by atoms with Gasteiger partial charge in [-0.1, -0.05) is 0 Å². The summed E-state index contributed by atoms with van der Waals surface area (Å²) in [6, 6.07) is 0. The maximum atomic E-state index is 12.2. The Morgan fingerprint density at radius 1 is 1.47 bits per heavy atom. The number of hydrogen-bond acceptors (Lipinski definition) is 6. The van der Waals surface area contributed by atoms with E-state index >= 15 is 0 Å². The van der Waals surface area contributed by atoms with Crippen LogP contribution in [0.1, 0.15) is 0 Å².